The van der Waals surface area contributed by atoms with Gasteiger partial charge in [0.15, 0.2) is 0 Å². The van der Waals surface area contributed by atoms with Crippen LogP contribution in [0.3, 0.4) is 0 Å². The maximum Gasteiger partial charge on any atom is 0.0554 e. The second-order valence-electron chi connectivity index (χ2n) is 2.87. The zero-order valence-corrected chi connectivity index (χ0v) is 9.59. The maximum atomic E-state index is 6.00. The summed E-state index contributed by atoms with van der Waals surface area (Å²) in [5, 5.41) is 0.714. The average molecular weight is 269 g/mol. The molecule has 1 aromatic carbocycles. The molecule has 70 valence electrons. The van der Waals surface area contributed by atoms with Crippen molar-refractivity contribution >= 4 is 27.5 Å². The Balaban J connectivity index is 2.48. The van der Waals surface area contributed by atoms with E-state index in [0.29, 0.717) is 5.02 Å². The molecule has 1 heterocycles. The molecule has 2 rings (SSSR count). The van der Waals surface area contributed by atoms with Gasteiger partial charge in [0, 0.05) is 22.4 Å². The predicted molar refractivity (Wildman–Crippen MR) is 62.4 cm³/mol. The third-order valence-electron chi connectivity index (χ3n) is 1.91. The molecule has 1 aromatic heterocycles. The summed E-state index contributed by atoms with van der Waals surface area (Å²) in [7, 11) is 0. The highest BCUT2D eigenvalue weighted by molar-refractivity contribution is 9.10. The lowest BCUT2D eigenvalue weighted by molar-refractivity contribution is 1.33. The van der Waals surface area contributed by atoms with E-state index in [-0.39, 0.29) is 0 Å². The molecule has 0 amide bonds. The summed E-state index contributed by atoms with van der Waals surface area (Å²) >= 11 is 9.35. The van der Waals surface area contributed by atoms with Gasteiger partial charge in [-0.15, -0.1) is 0 Å². The van der Waals surface area contributed by atoms with Crippen molar-refractivity contribution in [2.75, 3.05) is 0 Å². The van der Waals surface area contributed by atoms with Crippen LogP contribution >= 0.6 is 27.5 Å². The lowest BCUT2D eigenvalue weighted by atomic mass is 10.1. The van der Waals surface area contributed by atoms with Crippen molar-refractivity contribution < 1.29 is 0 Å². The molecule has 0 fully saturated rings. The first-order valence-corrected chi connectivity index (χ1v) is 5.30. The van der Waals surface area contributed by atoms with Crippen molar-refractivity contribution in [1.29, 1.82) is 0 Å². The highest BCUT2D eigenvalue weighted by Crippen LogP contribution is 2.28. The van der Waals surface area contributed by atoms with Gasteiger partial charge in [-0.1, -0.05) is 23.7 Å². The molecular formula is C11H7BrClN. The maximum absolute atomic E-state index is 6.00. The highest BCUT2D eigenvalue weighted by Gasteiger charge is 2.00. The lowest BCUT2D eigenvalue weighted by Gasteiger charge is -2.02. The van der Waals surface area contributed by atoms with Crippen molar-refractivity contribution in [2.45, 2.75) is 0 Å². The third-order valence-corrected chi connectivity index (χ3v) is 3.15. The van der Waals surface area contributed by atoms with Crippen LogP contribution in [0, 0.1) is 0 Å². The summed E-state index contributed by atoms with van der Waals surface area (Å²) in [4.78, 5) is 4.06. The summed E-state index contributed by atoms with van der Waals surface area (Å²) in [5.41, 5.74) is 2.15. The van der Waals surface area contributed by atoms with Crippen LogP contribution < -0.4 is 0 Å². The molecule has 14 heavy (non-hydrogen) atoms. The van der Waals surface area contributed by atoms with Crippen molar-refractivity contribution in [3.8, 4) is 11.1 Å². The van der Waals surface area contributed by atoms with Crippen LogP contribution in [0.1, 0.15) is 0 Å². The van der Waals surface area contributed by atoms with Gasteiger partial charge in [-0.2, -0.15) is 0 Å². The topological polar surface area (TPSA) is 12.9 Å². The summed E-state index contributed by atoms with van der Waals surface area (Å²) in [6.07, 6.45) is 3.57. The molecule has 0 atom stereocenters. The molecule has 0 N–H and O–H groups in total. The minimum Gasteiger partial charge on any atom is -0.264 e. The van der Waals surface area contributed by atoms with E-state index in [1.807, 2.05) is 36.5 Å². The van der Waals surface area contributed by atoms with Gasteiger partial charge in [0.1, 0.15) is 0 Å². The van der Waals surface area contributed by atoms with Crippen molar-refractivity contribution in [2.24, 2.45) is 0 Å². The number of aromatic nitrogens is 1. The Labute approximate surface area is 95.9 Å². The minimum atomic E-state index is 0.714. The minimum absolute atomic E-state index is 0.714. The van der Waals surface area contributed by atoms with Gasteiger partial charge in [-0.05, 0) is 39.7 Å². The van der Waals surface area contributed by atoms with Gasteiger partial charge in [0.05, 0.1) is 5.02 Å². The van der Waals surface area contributed by atoms with Crippen LogP contribution in [0.15, 0.2) is 47.2 Å². The smallest absolute Gasteiger partial charge is 0.0554 e. The number of hydrogen-bond acceptors (Lipinski definition) is 1. The number of hydrogen-bond donors (Lipinski definition) is 0. The first-order valence-electron chi connectivity index (χ1n) is 4.13. The van der Waals surface area contributed by atoms with E-state index in [0.717, 1.165) is 15.6 Å². The first-order chi connectivity index (χ1) is 6.77. The Morgan fingerprint density at radius 2 is 2.00 bits per heavy atom. The number of nitrogens with zero attached hydrogens (tertiary/aromatic N) is 1. The van der Waals surface area contributed by atoms with E-state index in [2.05, 4.69) is 20.9 Å². The fraction of sp³-hybridized carbons (Fsp3) is 0. The van der Waals surface area contributed by atoms with Gasteiger partial charge >= 0.3 is 0 Å². The van der Waals surface area contributed by atoms with Crippen LogP contribution in [0.5, 0.6) is 0 Å². The van der Waals surface area contributed by atoms with Crippen LogP contribution in [0.25, 0.3) is 11.1 Å². The van der Waals surface area contributed by atoms with E-state index >= 15 is 0 Å². The molecule has 0 unspecified atom stereocenters. The highest BCUT2D eigenvalue weighted by atomic mass is 79.9. The zero-order valence-electron chi connectivity index (χ0n) is 7.24. The molecule has 0 bridgehead atoms. The predicted octanol–water partition coefficient (Wildman–Crippen LogP) is 4.16. The van der Waals surface area contributed by atoms with Gasteiger partial charge in [0.2, 0.25) is 0 Å². The SMILES string of the molecule is Clc1cc(-c2cccnc2)ccc1Br. The summed E-state index contributed by atoms with van der Waals surface area (Å²) in [5.74, 6) is 0. The van der Waals surface area contributed by atoms with E-state index in [1.165, 1.54) is 0 Å². The van der Waals surface area contributed by atoms with Crippen LogP contribution in [-0.2, 0) is 0 Å². The Morgan fingerprint density at radius 1 is 1.14 bits per heavy atom. The molecule has 0 aliphatic heterocycles. The fourth-order valence-corrected chi connectivity index (χ4v) is 1.64. The Morgan fingerprint density at radius 3 is 2.64 bits per heavy atom. The number of pyridine rings is 1. The number of rotatable bonds is 1. The first kappa shape index (κ1) is 9.69. The van der Waals surface area contributed by atoms with Gasteiger partial charge in [0.25, 0.3) is 0 Å². The normalized spacial score (nSPS) is 10.1. The quantitative estimate of drug-likeness (QED) is 0.756. The molecule has 2 aromatic rings. The van der Waals surface area contributed by atoms with E-state index in [4.69, 9.17) is 11.6 Å². The summed E-state index contributed by atoms with van der Waals surface area (Å²) in [6, 6.07) is 9.78. The summed E-state index contributed by atoms with van der Waals surface area (Å²) < 4.78 is 0.909. The molecule has 1 nitrogen and oxygen atoms in total. The monoisotopic (exact) mass is 267 g/mol. The largest absolute Gasteiger partial charge is 0.264 e. The van der Waals surface area contributed by atoms with Gasteiger partial charge in [-0.3, -0.25) is 4.98 Å². The van der Waals surface area contributed by atoms with E-state index in [9.17, 15) is 0 Å². The van der Waals surface area contributed by atoms with Crippen molar-refractivity contribution in [3.05, 3.63) is 52.2 Å². The Bertz CT molecular complexity index is 442. The number of benzene rings is 1. The zero-order chi connectivity index (χ0) is 9.97. The lowest BCUT2D eigenvalue weighted by Crippen LogP contribution is -1.79. The van der Waals surface area contributed by atoms with E-state index < -0.39 is 0 Å². The van der Waals surface area contributed by atoms with Crippen LogP contribution in [0.4, 0.5) is 0 Å². The molecule has 0 spiro atoms. The molecule has 0 aliphatic rings. The molecule has 0 radical (unpaired) electrons. The van der Waals surface area contributed by atoms with Gasteiger partial charge in [-0.25, -0.2) is 0 Å². The molecule has 0 saturated carbocycles. The Hall–Kier alpha value is -0.860. The Kier molecular flexibility index (Phi) is 2.85. The van der Waals surface area contributed by atoms with Crippen molar-refractivity contribution in [3.63, 3.8) is 0 Å². The number of halogens is 2. The average Bonchev–Trinajstić information content (AvgIpc) is 2.23. The van der Waals surface area contributed by atoms with E-state index in [1.54, 1.807) is 6.20 Å². The van der Waals surface area contributed by atoms with Crippen molar-refractivity contribution in [1.82, 2.24) is 4.98 Å². The second kappa shape index (κ2) is 4.11. The van der Waals surface area contributed by atoms with Crippen LogP contribution in [0.2, 0.25) is 5.02 Å². The third kappa shape index (κ3) is 1.97. The fourth-order valence-electron chi connectivity index (χ4n) is 1.21. The molecule has 0 saturated heterocycles. The molecule has 3 heteroatoms. The summed E-state index contributed by atoms with van der Waals surface area (Å²) in [6.45, 7) is 0. The molecular weight excluding hydrogens is 261 g/mol. The standard InChI is InChI=1S/C11H7BrClN/c12-10-4-3-8(6-11(10)13)9-2-1-5-14-7-9/h1-7H. The van der Waals surface area contributed by atoms with Crippen LogP contribution in [-0.4, -0.2) is 4.98 Å². The molecule has 0 aliphatic carbocycles. The second-order valence-corrected chi connectivity index (χ2v) is 4.13. The van der Waals surface area contributed by atoms with Gasteiger partial charge < -0.3 is 0 Å².